The molecule has 0 radical (unpaired) electrons. The molecule has 1 aliphatic rings. The van der Waals surface area contributed by atoms with Gasteiger partial charge in [-0.1, -0.05) is 12.1 Å². The molecule has 1 N–H and O–H groups in total. The quantitative estimate of drug-likeness (QED) is 0.699. The molecule has 1 saturated heterocycles. The van der Waals surface area contributed by atoms with Crippen LogP contribution in [-0.2, 0) is 4.79 Å². The van der Waals surface area contributed by atoms with E-state index in [1.54, 1.807) is 12.1 Å². The zero-order chi connectivity index (χ0) is 10.7. The topological polar surface area (TPSA) is 29.1 Å². The molecular weight excluding hydrogens is 193 g/mol. The lowest BCUT2D eigenvalue weighted by molar-refractivity contribution is -0.118. The highest BCUT2D eigenvalue weighted by Crippen LogP contribution is 2.15. The van der Waals surface area contributed by atoms with Crippen LogP contribution in [0.15, 0.2) is 29.8 Å². The van der Waals surface area contributed by atoms with E-state index in [-0.39, 0.29) is 11.7 Å². The molecule has 0 atom stereocenters. The van der Waals surface area contributed by atoms with Crippen LogP contribution in [0.2, 0.25) is 0 Å². The van der Waals surface area contributed by atoms with Gasteiger partial charge in [-0.3, -0.25) is 4.79 Å². The fraction of sp³-hybridized carbons (Fsp3) is 0.250. The van der Waals surface area contributed by atoms with Crippen LogP contribution in [0.3, 0.4) is 0 Å². The summed E-state index contributed by atoms with van der Waals surface area (Å²) in [6, 6.07) is 6.13. The molecule has 1 heterocycles. The number of carbonyl (C=O) groups is 1. The predicted octanol–water partition coefficient (Wildman–Crippen LogP) is 2.12. The number of nitrogens with one attached hydrogen (secondary N) is 1. The van der Waals surface area contributed by atoms with Crippen molar-refractivity contribution in [1.82, 2.24) is 5.32 Å². The Balaban J connectivity index is 2.21. The van der Waals surface area contributed by atoms with Gasteiger partial charge in [-0.25, -0.2) is 4.39 Å². The normalized spacial score (nSPS) is 19.0. The first kappa shape index (κ1) is 9.90. The third-order valence-electron chi connectivity index (χ3n) is 2.41. The maximum atomic E-state index is 12.6. The SMILES string of the molecule is O=C1NCCCC1=Cc1ccc(F)cc1. The molecule has 2 rings (SSSR count). The van der Waals surface area contributed by atoms with E-state index < -0.39 is 0 Å². The van der Waals surface area contributed by atoms with Gasteiger partial charge in [-0.15, -0.1) is 0 Å². The van der Waals surface area contributed by atoms with Crippen LogP contribution in [0, 0.1) is 5.82 Å². The molecule has 1 fully saturated rings. The maximum Gasteiger partial charge on any atom is 0.247 e. The van der Waals surface area contributed by atoms with Crippen molar-refractivity contribution in [3.8, 4) is 0 Å². The van der Waals surface area contributed by atoms with Crippen molar-refractivity contribution >= 4 is 12.0 Å². The minimum atomic E-state index is -0.259. The first-order valence-corrected chi connectivity index (χ1v) is 5.00. The Morgan fingerprint density at radius 2 is 2.00 bits per heavy atom. The second-order valence-electron chi connectivity index (χ2n) is 3.58. The largest absolute Gasteiger partial charge is 0.352 e. The predicted molar refractivity (Wildman–Crippen MR) is 56.6 cm³/mol. The molecule has 1 aliphatic heterocycles. The lowest BCUT2D eigenvalue weighted by Crippen LogP contribution is -2.30. The van der Waals surface area contributed by atoms with E-state index in [2.05, 4.69) is 5.32 Å². The summed E-state index contributed by atoms with van der Waals surface area (Å²) in [6.45, 7) is 0.750. The van der Waals surface area contributed by atoms with E-state index in [1.807, 2.05) is 6.08 Å². The molecule has 78 valence electrons. The summed E-state index contributed by atoms with van der Waals surface area (Å²) in [5.41, 5.74) is 1.64. The molecule has 1 amide bonds. The summed E-state index contributed by atoms with van der Waals surface area (Å²) in [5.74, 6) is -0.268. The van der Waals surface area contributed by atoms with E-state index in [4.69, 9.17) is 0 Å². The fourth-order valence-corrected chi connectivity index (χ4v) is 1.61. The summed E-state index contributed by atoms with van der Waals surface area (Å²) >= 11 is 0. The summed E-state index contributed by atoms with van der Waals surface area (Å²) < 4.78 is 12.6. The van der Waals surface area contributed by atoms with Crippen molar-refractivity contribution in [1.29, 1.82) is 0 Å². The standard InChI is InChI=1S/C12H12FNO/c13-11-5-3-9(4-6-11)8-10-2-1-7-14-12(10)15/h3-6,8H,1-2,7H2,(H,14,15). The van der Waals surface area contributed by atoms with Gasteiger partial charge in [0, 0.05) is 12.1 Å². The Morgan fingerprint density at radius 1 is 1.27 bits per heavy atom. The third-order valence-corrected chi connectivity index (χ3v) is 2.41. The van der Waals surface area contributed by atoms with Crippen molar-refractivity contribution in [2.75, 3.05) is 6.54 Å². The Morgan fingerprint density at radius 3 is 2.67 bits per heavy atom. The third kappa shape index (κ3) is 2.43. The smallest absolute Gasteiger partial charge is 0.247 e. The van der Waals surface area contributed by atoms with Gasteiger partial charge in [-0.05, 0) is 36.6 Å². The average Bonchev–Trinajstić information content (AvgIpc) is 2.25. The van der Waals surface area contributed by atoms with Crippen molar-refractivity contribution < 1.29 is 9.18 Å². The molecule has 2 nitrogen and oxygen atoms in total. The highest BCUT2D eigenvalue weighted by atomic mass is 19.1. The molecule has 15 heavy (non-hydrogen) atoms. The second kappa shape index (κ2) is 4.26. The number of rotatable bonds is 1. The fourth-order valence-electron chi connectivity index (χ4n) is 1.61. The van der Waals surface area contributed by atoms with Crippen LogP contribution in [0.1, 0.15) is 18.4 Å². The number of hydrogen-bond donors (Lipinski definition) is 1. The number of hydrogen-bond acceptors (Lipinski definition) is 1. The lowest BCUT2D eigenvalue weighted by atomic mass is 10.0. The molecule has 1 aromatic rings. The zero-order valence-corrected chi connectivity index (χ0v) is 8.29. The minimum absolute atomic E-state index is 0.00873. The molecule has 1 aromatic carbocycles. The van der Waals surface area contributed by atoms with Crippen LogP contribution >= 0.6 is 0 Å². The van der Waals surface area contributed by atoms with Gasteiger partial charge in [0.15, 0.2) is 0 Å². The maximum absolute atomic E-state index is 12.6. The first-order valence-electron chi connectivity index (χ1n) is 5.00. The van der Waals surface area contributed by atoms with Crippen LogP contribution in [0.25, 0.3) is 6.08 Å². The Labute approximate surface area is 87.8 Å². The second-order valence-corrected chi connectivity index (χ2v) is 3.58. The molecule has 0 unspecified atom stereocenters. The summed E-state index contributed by atoms with van der Waals surface area (Å²) in [4.78, 5) is 11.4. The van der Waals surface area contributed by atoms with Crippen LogP contribution in [0.5, 0.6) is 0 Å². The first-order chi connectivity index (χ1) is 7.25. The number of halogens is 1. The number of piperidine rings is 1. The molecule has 0 aliphatic carbocycles. The van der Waals surface area contributed by atoms with Gasteiger partial charge < -0.3 is 5.32 Å². The molecule has 3 heteroatoms. The number of carbonyl (C=O) groups excluding carboxylic acids is 1. The van der Waals surface area contributed by atoms with E-state index in [9.17, 15) is 9.18 Å². The van der Waals surface area contributed by atoms with Crippen LogP contribution < -0.4 is 5.32 Å². The summed E-state index contributed by atoms with van der Waals surface area (Å²) in [7, 11) is 0. The van der Waals surface area contributed by atoms with Gasteiger partial charge in [0.2, 0.25) is 5.91 Å². The molecule has 0 saturated carbocycles. The van der Waals surface area contributed by atoms with Gasteiger partial charge in [0.05, 0.1) is 0 Å². The highest BCUT2D eigenvalue weighted by molar-refractivity contribution is 5.98. The van der Waals surface area contributed by atoms with Crippen LogP contribution in [0.4, 0.5) is 4.39 Å². The van der Waals surface area contributed by atoms with E-state index in [0.29, 0.717) is 0 Å². The number of amides is 1. The van der Waals surface area contributed by atoms with Crippen molar-refractivity contribution in [3.63, 3.8) is 0 Å². The average molecular weight is 205 g/mol. The van der Waals surface area contributed by atoms with Gasteiger partial charge in [0.1, 0.15) is 5.82 Å². The molecular formula is C12H12FNO. The zero-order valence-electron chi connectivity index (χ0n) is 8.29. The van der Waals surface area contributed by atoms with Crippen molar-refractivity contribution in [2.24, 2.45) is 0 Å². The summed E-state index contributed by atoms with van der Waals surface area (Å²) in [5, 5.41) is 2.78. The molecule has 0 aromatic heterocycles. The molecule has 0 bridgehead atoms. The molecule has 0 spiro atoms. The van der Waals surface area contributed by atoms with Gasteiger partial charge in [-0.2, -0.15) is 0 Å². The van der Waals surface area contributed by atoms with Crippen LogP contribution in [-0.4, -0.2) is 12.5 Å². The number of benzene rings is 1. The lowest BCUT2D eigenvalue weighted by Gasteiger charge is -2.14. The minimum Gasteiger partial charge on any atom is -0.352 e. The Bertz CT molecular complexity index is 395. The van der Waals surface area contributed by atoms with Crippen molar-refractivity contribution in [3.05, 3.63) is 41.2 Å². The van der Waals surface area contributed by atoms with Gasteiger partial charge >= 0.3 is 0 Å². The highest BCUT2D eigenvalue weighted by Gasteiger charge is 2.13. The van der Waals surface area contributed by atoms with E-state index >= 15 is 0 Å². The van der Waals surface area contributed by atoms with Gasteiger partial charge in [0.25, 0.3) is 0 Å². The van der Waals surface area contributed by atoms with E-state index in [1.165, 1.54) is 12.1 Å². The van der Waals surface area contributed by atoms with Crippen molar-refractivity contribution in [2.45, 2.75) is 12.8 Å². The Kier molecular flexibility index (Phi) is 2.81. The monoisotopic (exact) mass is 205 g/mol. The Hall–Kier alpha value is -1.64. The summed E-state index contributed by atoms with van der Waals surface area (Å²) in [6.07, 6.45) is 3.58. The van der Waals surface area contributed by atoms with E-state index in [0.717, 1.165) is 30.5 Å².